The first kappa shape index (κ1) is 23.8. The SMILES string of the molecule is CN=C(NCCc1c(F)cccc1F)NCc1ccc(C(=O)N(C)C)cc1.I. The molecule has 0 aliphatic heterocycles. The van der Waals surface area contributed by atoms with E-state index in [0.29, 0.717) is 24.6 Å². The third kappa shape index (κ3) is 6.74. The molecular weight excluding hydrogens is 477 g/mol. The molecule has 0 spiro atoms. The van der Waals surface area contributed by atoms with Gasteiger partial charge in [0.05, 0.1) is 0 Å². The first-order chi connectivity index (χ1) is 12.9. The summed E-state index contributed by atoms with van der Waals surface area (Å²) in [4.78, 5) is 17.5. The molecule has 0 heterocycles. The zero-order valence-electron chi connectivity index (χ0n) is 16.1. The summed E-state index contributed by atoms with van der Waals surface area (Å²) < 4.78 is 27.2. The number of halogens is 3. The largest absolute Gasteiger partial charge is 0.356 e. The molecule has 2 aromatic rings. The quantitative estimate of drug-likeness (QED) is 0.363. The van der Waals surface area contributed by atoms with Crippen molar-refractivity contribution in [1.29, 1.82) is 0 Å². The van der Waals surface area contributed by atoms with E-state index in [4.69, 9.17) is 0 Å². The van der Waals surface area contributed by atoms with Gasteiger partial charge in [-0.25, -0.2) is 8.78 Å². The Bertz CT molecular complexity index is 790. The summed E-state index contributed by atoms with van der Waals surface area (Å²) in [7, 11) is 5.04. The van der Waals surface area contributed by atoms with Crippen molar-refractivity contribution in [1.82, 2.24) is 15.5 Å². The van der Waals surface area contributed by atoms with Crippen molar-refractivity contribution in [2.75, 3.05) is 27.7 Å². The van der Waals surface area contributed by atoms with Crippen molar-refractivity contribution in [2.24, 2.45) is 4.99 Å². The molecule has 0 aliphatic carbocycles. The van der Waals surface area contributed by atoms with Crippen molar-refractivity contribution in [3.63, 3.8) is 0 Å². The third-order valence-corrected chi connectivity index (χ3v) is 4.02. The Labute approximate surface area is 181 Å². The smallest absolute Gasteiger partial charge is 0.253 e. The van der Waals surface area contributed by atoms with Crippen LogP contribution < -0.4 is 10.6 Å². The molecule has 2 aromatic carbocycles. The van der Waals surface area contributed by atoms with E-state index in [1.807, 2.05) is 12.1 Å². The number of rotatable bonds is 6. The van der Waals surface area contributed by atoms with E-state index in [2.05, 4.69) is 15.6 Å². The molecule has 0 aromatic heterocycles. The van der Waals surface area contributed by atoms with Crippen molar-refractivity contribution in [3.05, 3.63) is 70.8 Å². The number of guanidine groups is 1. The Hall–Kier alpha value is -2.23. The summed E-state index contributed by atoms with van der Waals surface area (Å²) in [5.74, 6) is -0.619. The first-order valence-corrected chi connectivity index (χ1v) is 8.60. The lowest BCUT2D eigenvalue weighted by Crippen LogP contribution is -2.38. The van der Waals surface area contributed by atoms with Gasteiger partial charge in [-0.1, -0.05) is 18.2 Å². The van der Waals surface area contributed by atoms with Crippen LogP contribution in [0.4, 0.5) is 8.78 Å². The fourth-order valence-electron chi connectivity index (χ4n) is 2.51. The van der Waals surface area contributed by atoms with E-state index >= 15 is 0 Å². The van der Waals surface area contributed by atoms with Gasteiger partial charge in [-0.2, -0.15) is 0 Å². The van der Waals surface area contributed by atoms with E-state index in [1.54, 1.807) is 33.3 Å². The van der Waals surface area contributed by atoms with Gasteiger partial charge in [-0.15, -0.1) is 24.0 Å². The minimum Gasteiger partial charge on any atom is -0.356 e. The van der Waals surface area contributed by atoms with Crippen LogP contribution in [0.15, 0.2) is 47.5 Å². The summed E-state index contributed by atoms with van der Waals surface area (Å²) in [5.41, 5.74) is 1.66. The fraction of sp³-hybridized carbons (Fsp3) is 0.300. The number of nitrogens with one attached hydrogen (secondary N) is 2. The summed E-state index contributed by atoms with van der Waals surface area (Å²) in [6, 6.07) is 11.1. The van der Waals surface area contributed by atoms with Gasteiger partial charge < -0.3 is 15.5 Å². The van der Waals surface area contributed by atoms with Crippen LogP contribution in [0.2, 0.25) is 0 Å². The normalized spacial score (nSPS) is 10.8. The van der Waals surface area contributed by atoms with Crippen LogP contribution in [0.5, 0.6) is 0 Å². The molecule has 2 rings (SSSR count). The fourth-order valence-corrected chi connectivity index (χ4v) is 2.51. The van der Waals surface area contributed by atoms with Crippen LogP contribution in [-0.4, -0.2) is 44.5 Å². The lowest BCUT2D eigenvalue weighted by Gasteiger charge is -2.13. The monoisotopic (exact) mass is 502 g/mol. The Morgan fingerprint density at radius 3 is 2.18 bits per heavy atom. The van der Waals surface area contributed by atoms with Crippen LogP contribution in [0.3, 0.4) is 0 Å². The molecule has 2 N–H and O–H groups in total. The number of hydrogen-bond donors (Lipinski definition) is 2. The standard InChI is InChI=1S/C20H24F2N4O.HI/c1-23-20(24-12-11-16-17(21)5-4-6-18(16)22)25-13-14-7-9-15(10-8-14)19(27)26(2)3;/h4-10H,11-13H2,1-3H3,(H2,23,24,25);1H. The van der Waals surface area contributed by atoms with Crippen LogP contribution in [-0.2, 0) is 13.0 Å². The highest BCUT2D eigenvalue weighted by Crippen LogP contribution is 2.12. The molecule has 0 saturated carbocycles. The Morgan fingerprint density at radius 1 is 1.04 bits per heavy atom. The molecule has 28 heavy (non-hydrogen) atoms. The zero-order chi connectivity index (χ0) is 19.8. The highest BCUT2D eigenvalue weighted by atomic mass is 127. The Kier molecular flexibility index (Phi) is 9.84. The molecule has 0 unspecified atom stereocenters. The maximum absolute atomic E-state index is 13.6. The number of carbonyl (C=O) groups is 1. The predicted octanol–water partition coefficient (Wildman–Crippen LogP) is 3.19. The number of aliphatic imine (C=N–C) groups is 1. The van der Waals surface area contributed by atoms with E-state index in [0.717, 1.165) is 5.56 Å². The molecule has 0 atom stereocenters. The number of nitrogens with zero attached hydrogens (tertiary/aromatic N) is 2. The van der Waals surface area contributed by atoms with Gasteiger partial charge >= 0.3 is 0 Å². The summed E-state index contributed by atoms with van der Waals surface area (Å²) >= 11 is 0. The van der Waals surface area contributed by atoms with Gasteiger partial charge in [0.2, 0.25) is 0 Å². The van der Waals surface area contributed by atoms with Crippen molar-refractivity contribution >= 4 is 35.8 Å². The third-order valence-electron chi connectivity index (χ3n) is 4.02. The maximum atomic E-state index is 13.6. The molecule has 0 saturated heterocycles. The Morgan fingerprint density at radius 2 is 1.64 bits per heavy atom. The molecule has 0 fully saturated rings. The first-order valence-electron chi connectivity index (χ1n) is 8.60. The van der Waals surface area contributed by atoms with Gasteiger partial charge in [0, 0.05) is 45.4 Å². The summed E-state index contributed by atoms with van der Waals surface area (Å²) in [5, 5.41) is 6.16. The van der Waals surface area contributed by atoms with Gasteiger partial charge in [0.15, 0.2) is 5.96 Å². The minimum absolute atomic E-state index is 0. The molecule has 5 nitrogen and oxygen atoms in total. The summed E-state index contributed by atoms with van der Waals surface area (Å²) in [6.45, 7) is 0.845. The van der Waals surface area contributed by atoms with Gasteiger partial charge in [-0.05, 0) is 36.2 Å². The average Bonchev–Trinajstić information content (AvgIpc) is 2.66. The van der Waals surface area contributed by atoms with Gasteiger partial charge in [0.1, 0.15) is 11.6 Å². The van der Waals surface area contributed by atoms with Gasteiger partial charge in [0.25, 0.3) is 5.91 Å². The maximum Gasteiger partial charge on any atom is 0.253 e. The van der Waals surface area contributed by atoms with Crippen molar-refractivity contribution in [3.8, 4) is 0 Å². The molecule has 0 aliphatic rings. The molecule has 8 heteroatoms. The van der Waals surface area contributed by atoms with Gasteiger partial charge in [-0.3, -0.25) is 9.79 Å². The highest BCUT2D eigenvalue weighted by molar-refractivity contribution is 14.0. The second-order valence-electron chi connectivity index (χ2n) is 6.20. The van der Waals surface area contributed by atoms with E-state index in [-0.39, 0.29) is 41.9 Å². The lowest BCUT2D eigenvalue weighted by molar-refractivity contribution is 0.0827. The van der Waals surface area contributed by atoms with E-state index in [9.17, 15) is 13.6 Å². The number of benzene rings is 2. The average molecular weight is 502 g/mol. The van der Waals surface area contributed by atoms with E-state index < -0.39 is 11.6 Å². The Balaban J connectivity index is 0.00000392. The molecule has 1 amide bonds. The molecule has 0 bridgehead atoms. The van der Waals surface area contributed by atoms with Crippen LogP contribution in [0.1, 0.15) is 21.5 Å². The van der Waals surface area contributed by atoms with Crippen LogP contribution >= 0.6 is 24.0 Å². The van der Waals surface area contributed by atoms with Crippen LogP contribution in [0.25, 0.3) is 0 Å². The lowest BCUT2D eigenvalue weighted by atomic mass is 10.1. The minimum atomic E-state index is -0.549. The van der Waals surface area contributed by atoms with Crippen LogP contribution in [0, 0.1) is 11.6 Å². The van der Waals surface area contributed by atoms with Crippen molar-refractivity contribution < 1.29 is 13.6 Å². The number of hydrogen-bond acceptors (Lipinski definition) is 2. The predicted molar refractivity (Wildman–Crippen MR) is 118 cm³/mol. The number of amides is 1. The molecule has 152 valence electrons. The zero-order valence-corrected chi connectivity index (χ0v) is 18.5. The molecular formula is C20H25F2IN4O. The van der Waals surface area contributed by atoms with E-state index in [1.165, 1.54) is 23.1 Å². The topological polar surface area (TPSA) is 56.7 Å². The highest BCUT2D eigenvalue weighted by Gasteiger charge is 2.09. The second-order valence-corrected chi connectivity index (χ2v) is 6.20. The summed E-state index contributed by atoms with van der Waals surface area (Å²) in [6.07, 6.45) is 0.209. The van der Waals surface area contributed by atoms with Crippen molar-refractivity contribution in [2.45, 2.75) is 13.0 Å². The number of carbonyl (C=O) groups excluding carboxylic acids is 1. The molecule has 0 radical (unpaired) electrons. The second kappa shape index (κ2) is 11.6.